The van der Waals surface area contributed by atoms with E-state index < -0.39 is 8.07 Å². The van der Waals surface area contributed by atoms with Crippen molar-refractivity contribution in [2.75, 3.05) is 0 Å². The number of pyridine rings is 1. The molecule has 5 heteroatoms. The summed E-state index contributed by atoms with van der Waals surface area (Å²) in [6.45, 7) is 27.3. The second-order valence-electron chi connectivity index (χ2n) is 23.0. The summed E-state index contributed by atoms with van der Waals surface area (Å²) in [5.41, 5.74) is 12.5. The molecule has 10 rings (SSSR count). The number of phenolic OH excluding ortho intramolecular Hbond substituents is 1. The van der Waals surface area contributed by atoms with E-state index in [9.17, 15) is 5.11 Å². The number of benzene rings is 8. The summed E-state index contributed by atoms with van der Waals surface area (Å²) in [5, 5.41) is 21.5. The molecule has 0 saturated heterocycles. The van der Waals surface area contributed by atoms with E-state index in [0.29, 0.717) is 5.82 Å². The molecule has 0 aliphatic rings. The highest BCUT2D eigenvalue weighted by Gasteiger charge is 2.29. The number of nitrogens with zero attached hydrogens (tertiary/aromatic N) is 3. The molecular formula is C63H63N3OSi. The number of para-hydroxylation sites is 1. The fraction of sp³-hybridized carbons (Fsp3) is 0.238. The molecule has 0 radical (unpaired) electrons. The summed E-state index contributed by atoms with van der Waals surface area (Å²) in [6, 6.07) is 55.5. The summed E-state index contributed by atoms with van der Waals surface area (Å²) in [7, 11) is -1.56. The lowest BCUT2D eigenvalue weighted by atomic mass is 9.79. The topological polar surface area (TPSA) is 50.9 Å². The maximum Gasteiger partial charge on any atom is 0.149 e. The van der Waals surface area contributed by atoms with Gasteiger partial charge in [-0.3, -0.25) is 9.55 Å². The van der Waals surface area contributed by atoms with Gasteiger partial charge in [-0.25, -0.2) is 4.98 Å². The molecule has 8 aromatic carbocycles. The molecule has 0 fully saturated rings. The summed E-state index contributed by atoms with van der Waals surface area (Å²) in [6.07, 6.45) is 1.92. The van der Waals surface area contributed by atoms with Gasteiger partial charge >= 0.3 is 0 Å². The summed E-state index contributed by atoms with van der Waals surface area (Å²) in [5.74, 6) is 0.968. The van der Waals surface area contributed by atoms with E-state index in [4.69, 9.17) is 9.97 Å². The van der Waals surface area contributed by atoms with Gasteiger partial charge in [-0.2, -0.15) is 0 Å². The first-order chi connectivity index (χ1) is 32.1. The number of hydrogen-bond acceptors (Lipinski definition) is 3. The third-order valence-electron chi connectivity index (χ3n) is 13.9. The number of hydrogen-bond donors (Lipinski definition) is 1. The molecule has 10 aromatic rings. The zero-order valence-electron chi connectivity index (χ0n) is 41.8. The van der Waals surface area contributed by atoms with Crippen molar-refractivity contribution in [1.29, 1.82) is 0 Å². The van der Waals surface area contributed by atoms with Gasteiger partial charge in [-0.05, 0) is 125 Å². The van der Waals surface area contributed by atoms with E-state index in [1.54, 1.807) is 0 Å². The van der Waals surface area contributed by atoms with Crippen LogP contribution in [0.4, 0.5) is 0 Å². The van der Waals surface area contributed by atoms with Gasteiger partial charge in [0.2, 0.25) is 0 Å². The highest BCUT2D eigenvalue weighted by molar-refractivity contribution is 6.88. The number of aromatic nitrogens is 3. The smallest absolute Gasteiger partial charge is 0.149 e. The van der Waals surface area contributed by atoms with Gasteiger partial charge in [0.15, 0.2) is 0 Å². The molecule has 0 unspecified atom stereocenters. The van der Waals surface area contributed by atoms with Crippen LogP contribution in [0.15, 0.2) is 158 Å². The largest absolute Gasteiger partial charge is 0.507 e. The summed E-state index contributed by atoms with van der Waals surface area (Å²) < 4.78 is 2.29. The normalized spacial score (nSPS) is 12.8. The highest BCUT2D eigenvalue weighted by Crippen LogP contribution is 2.46. The standard InChI is InChI=1S/C63H63N3OSi/c1-61(2,3)43-32-41(31-42(33-43)56-34-40(29-30-64-56)39-19-14-13-15-20-39)47-23-18-24-57-58(47)65-60(54-35-44(62(4,5)6)36-55(59(54)67)63(7,8)9)66(57)45-25-27-50-51-28-26-46(68(10,11)12)38-53(51)49-22-17-16-21-48(49)52(50)37-45/h13-38,67H,1-12H3. The first kappa shape index (κ1) is 45.0. The van der Waals surface area contributed by atoms with Gasteiger partial charge in [-0.15, -0.1) is 0 Å². The van der Waals surface area contributed by atoms with E-state index in [1.807, 2.05) is 6.20 Å². The molecule has 0 aliphatic heterocycles. The van der Waals surface area contributed by atoms with Crippen molar-refractivity contribution in [3.8, 4) is 56.3 Å². The van der Waals surface area contributed by atoms with Crippen molar-refractivity contribution >= 4 is 56.6 Å². The molecule has 2 aromatic heterocycles. The molecule has 0 bridgehead atoms. The Balaban J connectivity index is 1.27. The Bertz CT molecular complexity index is 3590. The quantitative estimate of drug-likeness (QED) is 0.134. The van der Waals surface area contributed by atoms with Crippen molar-refractivity contribution in [2.45, 2.75) is 98.2 Å². The van der Waals surface area contributed by atoms with E-state index in [0.717, 1.165) is 66.9 Å². The molecule has 0 amide bonds. The maximum atomic E-state index is 12.6. The third kappa shape index (κ3) is 8.01. The van der Waals surface area contributed by atoms with Crippen LogP contribution in [0.25, 0.3) is 93.9 Å². The predicted molar refractivity (Wildman–Crippen MR) is 294 cm³/mol. The number of imidazole rings is 1. The second kappa shape index (κ2) is 16.2. The number of aromatic hydroxyl groups is 1. The average Bonchev–Trinajstić information content (AvgIpc) is 3.70. The van der Waals surface area contributed by atoms with Crippen LogP contribution >= 0.6 is 0 Å². The predicted octanol–water partition coefficient (Wildman–Crippen LogP) is 16.7. The van der Waals surface area contributed by atoms with Gasteiger partial charge in [-0.1, -0.05) is 190 Å². The third-order valence-corrected chi connectivity index (χ3v) is 16.0. The first-order valence-electron chi connectivity index (χ1n) is 24.1. The Hall–Kier alpha value is -6.82. The monoisotopic (exact) mass is 905 g/mol. The molecule has 1 N–H and O–H groups in total. The Labute approximate surface area is 403 Å². The first-order valence-corrected chi connectivity index (χ1v) is 27.6. The zero-order valence-corrected chi connectivity index (χ0v) is 42.8. The average molecular weight is 906 g/mol. The Morgan fingerprint density at radius 1 is 0.471 bits per heavy atom. The summed E-state index contributed by atoms with van der Waals surface area (Å²) in [4.78, 5) is 10.7. The van der Waals surface area contributed by atoms with Crippen molar-refractivity contribution in [1.82, 2.24) is 14.5 Å². The molecule has 0 saturated carbocycles. The fourth-order valence-electron chi connectivity index (χ4n) is 9.90. The van der Waals surface area contributed by atoms with Crippen LogP contribution in [-0.4, -0.2) is 27.7 Å². The van der Waals surface area contributed by atoms with Gasteiger partial charge < -0.3 is 5.11 Å². The minimum absolute atomic E-state index is 0.142. The van der Waals surface area contributed by atoms with Gasteiger partial charge in [0.05, 0.1) is 30.4 Å². The minimum atomic E-state index is -1.56. The Morgan fingerprint density at radius 2 is 1.09 bits per heavy atom. The number of phenols is 1. The van der Waals surface area contributed by atoms with Crippen molar-refractivity contribution in [3.05, 3.63) is 175 Å². The van der Waals surface area contributed by atoms with Crippen LogP contribution in [0.3, 0.4) is 0 Å². The van der Waals surface area contributed by atoms with Crippen molar-refractivity contribution < 1.29 is 5.11 Å². The molecule has 0 spiro atoms. The van der Waals surface area contributed by atoms with Crippen molar-refractivity contribution in [2.24, 2.45) is 0 Å². The minimum Gasteiger partial charge on any atom is -0.507 e. The molecule has 340 valence electrons. The van der Waals surface area contributed by atoms with Crippen LogP contribution < -0.4 is 5.19 Å². The second-order valence-corrected chi connectivity index (χ2v) is 28.1. The molecule has 2 heterocycles. The van der Waals surface area contributed by atoms with Crippen LogP contribution in [0.1, 0.15) is 79.0 Å². The zero-order chi connectivity index (χ0) is 48.1. The summed E-state index contributed by atoms with van der Waals surface area (Å²) >= 11 is 0. The van der Waals surface area contributed by atoms with Crippen LogP contribution in [0.5, 0.6) is 5.75 Å². The van der Waals surface area contributed by atoms with Gasteiger partial charge in [0.1, 0.15) is 11.6 Å². The van der Waals surface area contributed by atoms with Crippen LogP contribution in [0.2, 0.25) is 19.6 Å². The lowest BCUT2D eigenvalue weighted by Gasteiger charge is -2.27. The van der Waals surface area contributed by atoms with Crippen molar-refractivity contribution in [3.63, 3.8) is 0 Å². The van der Waals surface area contributed by atoms with E-state index in [1.165, 1.54) is 43.1 Å². The van der Waals surface area contributed by atoms with E-state index in [2.05, 4.69) is 238 Å². The van der Waals surface area contributed by atoms with Gasteiger partial charge in [0, 0.05) is 28.6 Å². The lowest BCUT2D eigenvalue weighted by Crippen LogP contribution is -2.37. The van der Waals surface area contributed by atoms with E-state index >= 15 is 0 Å². The van der Waals surface area contributed by atoms with E-state index in [-0.39, 0.29) is 22.0 Å². The van der Waals surface area contributed by atoms with Crippen LogP contribution in [-0.2, 0) is 16.2 Å². The molecule has 68 heavy (non-hydrogen) atoms. The number of fused-ring (bicyclic) bond motifs is 7. The highest BCUT2D eigenvalue weighted by atomic mass is 28.3. The molecule has 4 nitrogen and oxygen atoms in total. The Kier molecular flexibility index (Phi) is 10.7. The fourth-order valence-corrected chi connectivity index (χ4v) is 11.1. The molecule has 0 atom stereocenters. The van der Waals surface area contributed by atoms with Crippen LogP contribution in [0, 0.1) is 0 Å². The van der Waals surface area contributed by atoms with Gasteiger partial charge in [0.25, 0.3) is 0 Å². The molecular weight excluding hydrogens is 843 g/mol. The number of rotatable bonds is 6. The molecule has 0 aliphatic carbocycles. The Morgan fingerprint density at radius 3 is 1.75 bits per heavy atom. The maximum absolute atomic E-state index is 12.6. The lowest BCUT2D eigenvalue weighted by molar-refractivity contribution is 0.446. The SMILES string of the molecule is CC(C)(C)c1cc(-c2cc(-c3ccccc3)ccn2)cc(-c2cccc3c2nc(-c2cc(C(C)(C)C)cc(C(C)(C)C)c2O)n3-c2ccc3c4ccc([Si](C)(C)C)cc4c4ccccc4c3c2)c1.